The van der Waals surface area contributed by atoms with Gasteiger partial charge in [-0.1, -0.05) is 24.3 Å². The number of aryl methyl sites for hydroxylation is 1. The monoisotopic (exact) mass is 240 g/mol. The zero-order valence-corrected chi connectivity index (χ0v) is 10.3. The van der Waals surface area contributed by atoms with Gasteiger partial charge >= 0.3 is 0 Å². The number of para-hydroxylation sites is 1. The third-order valence-electron chi connectivity index (χ3n) is 2.45. The van der Waals surface area contributed by atoms with Crippen LogP contribution in [0.1, 0.15) is 11.3 Å². The van der Waals surface area contributed by atoms with Crippen LogP contribution in [0.4, 0.5) is 5.69 Å². The van der Waals surface area contributed by atoms with Gasteiger partial charge in [0.1, 0.15) is 0 Å². The Morgan fingerprint density at radius 2 is 2.00 bits per heavy atom. The zero-order valence-electron chi connectivity index (χ0n) is 10.3. The fourth-order valence-corrected chi connectivity index (χ4v) is 1.48. The third-order valence-corrected chi connectivity index (χ3v) is 2.45. The molecule has 0 aliphatic carbocycles. The van der Waals surface area contributed by atoms with E-state index in [4.69, 9.17) is 5.73 Å². The first-order valence-electron chi connectivity index (χ1n) is 5.77. The molecule has 3 N–H and O–H groups in total. The van der Waals surface area contributed by atoms with Crippen LogP contribution in [0.25, 0.3) is 0 Å². The number of nitrogens with zero attached hydrogens (tertiary/aromatic N) is 2. The van der Waals surface area contributed by atoms with E-state index in [1.54, 1.807) is 0 Å². The van der Waals surface area contributed by atoms with Crippen LogP contribution in [-0.2, 0) is 6.54 Å². The zero-order chi connectivity index (χ0) is 12.8. The molecule has 92 valence electrons. The van der Waals surface area contributed by atoms with Crippen LogP contribution in [0.2, 0.25) is 0 Å². The molecule has 0 unspecified atom stereocenters. The molecule has 2 aromatic rings. The summed E-state index contributed by atoms with van der Waals surface area (Å²) in [5.74, 6) is 0.404. The number of hydrogen-bond donors (Lipinski definition) is 2. The van der Waals surface area contributed by atoms with Crippen LogP contribution >= 0.6 is 0 Å². The standard InChI is InChI=1S/C14H16N4/c1-11-7-8-12(9-16-11)10-17-14(15)18-13-5-3-2-4-6-13/h2-9H,10H2,1H3,(H3,15,17,18). The summed E-state index contributed by atoms with van der Waals surface area (Å²) in [6.07, 6.45) is 1.81. The lowest BCUT2D eigenvalue weighted by atomic mass is 10.2. The SMILES string of the molecule is Cc1ccc(CN=C(N)Nc2ccccc2)cn1. The molecule has 18 heavy (non-hydrogen) atoms. The Bertz CT molecular complexity index is 517. The number of anilines is 1. The summed E-state index contributed by atoms with van der Waals surface area (Å²) in [5.41, 5.74) is 8.77. The van der Waals surface area contributed by atoms with E-state index in [-0.39, 0.29) is 0 Å². The quantitative estimate of drug-likeness (QED) is 0.639. The van der Waals surface area contributed by atoms with Crippen LogP contribution in [0, 0.1) is 6.92 Å². The summed E-state index contributed by atoms with van der Waals surface area (Å²) in [5, 5.41) is 3.03. The highest BCUT2D eigenvalue weighted by atomic mass is 15.1. The smallest absolute Gasteiger partial charge is 0.193 e. The minimum atomic E-state index is 0.404. The summed E-state index contributed by atoms with van der Waals surface area (Å²) < 4.78 is 0. The van der Waals surface area contributed by atoms with Crippen molar-refractivity contribution < 1.29 is 0 Å². The summed E-state index contributed by atoms with van der Waals surface area (Å²) in [7, 11) is 0. The van der Waals surface area contributed by atoms with E-state index in [0.717, 1.165) is 16.9 Å². The van der Waals surface area contributed by atoms with Gasteiger partial charge in [0.05, 0.1) is 6.54 Å². The van der Waals surface area contributed by atoms with Gasteiger partial charge in [0.2, 0.25) is 0 Å². The van der Waals surface area contributed by atoms with Crippen molar-refractivity contribution in [2.45, 2.75) is 13.5 Å². The molecule has 0 amide bonds. The molecule has 2 rings (SSSR count). The van der Waals surface area contributed by atoms with E-state index < -0.39 is 0 Å². The molecule has 0 spiro atoms. The molecule has 0 radical (unpaired) electrons. The van der Waals surface area contributed by atoms with Gasteiger partial charge in [0, 0.05) is 17.6 Å². The van der Waals surface area contributed by atoms with Crippen LogP contribution in [-0.4, -0.2) is 10.9 Å². The fraction of sp³-hybridized carbons (Fsp3) is 0.143. The van der Waals surface area contributed by atoms with Gasteiger partial charge < -0.3 is 11.1 Å². The maximum Gasteiger partial charge on any atom is 0.193 e. The van der Waals surface area contributed by atoms with E-state index in [9.17, 15) is 0 Å². The number of nitrogens with two attached hydrogens (primary N) is 1. The van der Waals surface area contributed by atoms with Crippen LogP contribution in [0.3, 0.4) is 0 Å². The highest BCUT2D eigenvalue weighted by Gasteiger charge is 1.95. The van der Waals surface area contributed by atoms with Crippen LogP contribution in [0.15, 0.2) is 53.7 Å². The molecule has 0 saturated heterocycles. The Hall–Kier alpha value is -2.36. The van der Waals surface area contributed by atoms with Crippen molar-refractivity contribution in [1.29, 1.82) is 0 Å². The number of guanidine groups is 1. The summed E-state index contributed by atoms with van der Waals surface area (Å²) >= 11 is 0. The minimum absolute atomic E-state index is 0.404. The van der Waals surface area contributed by atoms with Crippen molar-refractivity contribution in [3.63, 3.8) is 0 Å². The largest absolute Gasteiger partial charge is 0.370 e. The first kappa shape index (κ1) is 12.1. The lowest BCUT2D eigenvalue weighted by molar-refractivity contribution is 1.03. The maximum absolute atomic E-state index is 5.80. The number of rotatable bonds is 3. The molecule has 0 saturated carbocycles. The van der Waals surface area contributed by atoms with Crippen molar-refractivity contribution in [3.05, 3.63) is 59.9 Å². The third kappa shape index (κ3) is 3.59. The van der Waals surface area contributed by atoms with E-state index in [1.165, 1.54) is 0 Å². The fourth-order valence-electron chi connectivity index (χ4n) is 1.48. The number of pyridine rings is 1. The predicted molar refractivity (Wildman–Crippen MR) is 74.4 cm³/mol. The second kappa shape index (κ2) is 5.82. The molecule has 0 aliphatic heterocycles. The Balaban J connectivity index is 1.95. The topological polar surface area (TPSA) is 63.3 Å². The van der Waals surface area contributed by atoms with Gasteiger partial charge in [-0.25, -0.2) is 4.99 Å². The highest BCUT2D eigenvalue weighted by molar-refractivity contribution is 5.92. The van der Waals surface area contributed by atoms with Crippen LogP contribution in [0.5, 0.6) is 0 Å². The molecule has 4 heteroatoms. The molecule has 0 aliphatic rings. The lowest BCUT2D eigenvalue weighted by Crippen LogP contribution is -2.22. The normalized spacial score (nSPS) is 11.3. The maximum atomic E-state index is 5.80. The Kier molecular flexibility index (Phi) is 3.91. The van der Waals surface area contributed by atoms with Gasteiger partial charge in [0.15, 0.2) is 5.96 Å². The molecular formula is C14H16N4. The number of benzene rings is 1. The molecule has 4 nitrogen and oxygen atoms in total. The van der Waals surface area contributed by atoms with Crippen molar-refractivity contribution in [3.8, 4) is 0 Å². The molecule has 0 bridgehead atoms. The van der Waals surface area contributed by atoms with Crippen molar-refractivity contribution in [1.82, 2.24) is 4.98 Å². The van der Waals surface area contributed by atoms with E-state index >= 15 is 0 Å². The molecule has 0 atom stereocenters. The Morgan fingerprint density at radius 3 is 2.67 bits per heavy atom. The minimum Gasteiger partial charge on any atom is -0.370 e. The summed E-state index contributed by atoms with van der Waals surface area (Å²) in [6, 6.07) is 13.7. The second-order valence-electron chi connectivity index (χ2n) is 4.00. The lowest BCUT2D eigenvalue weighted by Gasteiger charge is -2.05. The molecule has 1 heterocycles. The summed E-state index contributed by atoms with van der Waals surface area (Å²) in [6.45, 7) is 2.48. The van der Waals surface area contributed by atoms with Gasteiger partial charge in [-0.05, 0) is 30.7 Å². The van der Waals surface area contributed by atoms with E-state index in [1.807, 2.05) is 55.6 Å². The predicted octanol–water partition coefficient (Wildman–Crippen LogP) is 2.32. The molecule has 1 aromatic carbocycles. The second-order valence-corrected chi connectivity index (χ2v) is 4.00. The molecule has 0 fully saturated rings. The van der Waals surface area contributed by atoms with Gasteiger partial charge in [-0.2, -0.15) is 0 Å². The van der Waals surface area contributed by atoms with Gasteiger partial charge in [-0.3, -0.25) is 4.98 Å². The highest BCUT2D eigenvalue weighted by Crippen LogP contribution is 2.05. The van der Waals surface area contributed by atoms with Crippen molar-refractivity contribution in [2.75, 3.05) is 5.32 Å². The van der Waals surface area contributed by atoms with Crippen molar-refractivity contribution in [2.24, 2.45) is 10.7 Å². The van der Waals surface area contributed by atoms with Crippen molar-refractivity contribution >= 4 is 11.6 Å². The van der Waals surface area contributed by atoms with E-state index in [2.05, 4.69) is 15.3 Å². The van der Waals surface area contributed by atoms with Gasteiger partial charge in [-0.15, -0.1) is 0 Å². The molecule has 1 aromatic heterocycles. The number of nitrogens with one attached hydrogen (secondary N) is 1. The van der Waals surface area contributed by atoms with E-state index in [0.29, 0.717) is 12.5 Å². The number of aromatic nitrogens is 1. The average Bonchev–Trinajstić information content (AvgIpc) is 2.39. The average molecular weight is 240 g/mol. The molecular weight excluding hydrogens is 224 g/mol. The number of hydrogen-bond acceptors (Lipinski definition) is 2. The first-order valence-corrected chi connectivity index (χ1v) is 5.77. The van der Waals surface area contributed by atoms with Gasteiger partial charge in [0.25, 0.3) is 0 Å². The van der Waals surface area contributed by atoms with Crippen LogP contribution < -0.4 is 11.1 Å². The number of aliphatic imine (C=N–C) groups is 1. The summed E-state index contributed by atoms with van der Waals surface area (Å²) in [4.78, 5) is 8.47. The Morgan fingerprint density at radius 1 is 1.22 bits per heavy atom. The Labute approximate surface area is 107 Å². The first-order chi connectivity index (χ1) is 8.74.